The Morgan fingerprint density at radius 2 is 1.32 bits per heavy atom. The fourth-order valence-corrected chi connectivity index (χ4v) is 4.57. The average Bonchev–Trinajstić information content (AvgIpc) is 2.70. The van der Waals surface area contributed by atoms with Gasteiger partial charge in [0, 0.05) is 24.1 Å². The lowest BCUT2D eigenvalue weighted by molar-refractivity contribution is -0.151. The summed E-state index contributed by atoms with van der Waals surface area (Å²) in [5.41, 5.74) is 0.326. The van der Waals surface area contributed by atoms with E-state index in [2.05, 4.69) is 39.2 Å². The third-order valence-electron chi connectivity index (χ3n) is 5.47. The van der Waals surface area contributed by atoms with Crippen molar-refractivity contribution in [2.45, 2.75) is 60.3 Å². The highest BCUT2D eigenvalue weighted by molar-refractivity contribution is 5.87. The van der Waals surface area contributed by atoms with Gasteiger partial charge < -0.3 is 24.3 Å². The fourth-order valence-electron chi connectivity index (χ4n) is 4.57. The van der Waals surface area contributed by atoms with Crippen LogP contribution in [0.4, 0.5) is 4.79 Å². The maximum Gasteiger partial charge on any atom is 0.407 e. The van der Waals surface area contributed by atoms with Gasteiger partial charge in [-0.3, -0.25) is 4.79 Å². The Balaban J connectivity index is 2.45. The fraction of sp³-hybridized carbons (Fsp3) is 0.680. The Morgan fingerprint density at radius 1 is 0.824 bits per heavy atom. The molecule has 1 N–H and O–H groups in total. The number of carbonyl (C=O) groups excluding carboxylic acids is 4. The standard InChI is InChI=1S/C25H39NO8/c1-17(2)21(28)32-9-8-31-20(27)12-19-13-24(5,6)15-25(7,14-19)16-26-23(30)34-11-10-33-22(29)18(3)4/h19H,1,3,8-16H2,2,4-7H3,(H,26,30). The summed E-state index contributed by atoms with van der Waals surface area (Å²) in [5.74, 6) is -1.29. The molecule has 1 amide bonds. The lowest BCUT2D eigenvalue weighted by atomic mass is 9.60. The summed E-state index contributed by atoms with van der Waals surface area (Å²) in [4.78, 5) is 47.0. The van der Waals surface area contributed by atoms with Gasteiger partial charge in [-0.15, -0.1) is 0 Å². The second kappa shape index (κ2) is 13.2. The molecule has 1 saturated carbocycles. The van der Waals surface area contributed by atoms with Crippen LogP contribution in [-0.4, -0.2) is 57.0 Å². The molecular weight excluding hydrogens is 442 g/mol. The highest BCUT2D eigenvalue weighted by Crippen LogP contribution is 2.49. The predicted molar refractivity (Wildman–Crippen MR) is 126 cm³/mol. The first-order chi connectivity index (χ1) is 15.7. The van der Waals surface area contributed by atoms with Crippen molar-refractivity contribution >= 4 is 24.0 Å². The first kappa shape index (κ1) is 29.2. The monoisotopic (exact) mass is 481 g/mol. The average molecular weight is 482 g/mol. The van der Waals surface area contributed by atoms with E-state index < -0.39 is 18.0 Å². The van der Waals surface area contributed by atoms with E-state index in [1.165, 1.54) is 6.92 Å². The lowest BCUT2D eigenvalue weighted by Gasteiger charge is -2.46. The third-order valence-corrected chi connectivity index (χ3v) is 5.47. The number of amides is 1. The van der Waals surface area contributed by atoms with E-state index in [1.54, 1.807) is 6.92 Å². The first-order valence-corrected chi connectivity index (χ1v) is 11.4. The summed E-state index contributed by atoms with van der Waals surface area (Å²) in [5, 5.41) is 2.79. The molecule has 2 atom stereocenters. The number of nitrogens with one attached hydrogen (secondary N) is 1. The van der Waals surface area contributed by atoms with Crippen molar-refractivity contribution in [3.05, 3.63) is 24.3 Å². The van der Waals surface area contributed by atoms with Crippen LogP contribution >= 0.6 is 0 Å². The molecule has 1 rings (SSSR count). The van der Waals surface area contributed by atoms with Crippen LogP contribution in [0.1, 0.15) is 60.3 Å². The van der Waals surface area contributed by atoms with Gasteiger partial charge in [0.25, 0.3) is 0 Å². The van der Waals surface area contributed by atoms with Crippen LogP contribution in [0.3, 0.4) is 0 Å². The molecule has 0 aliphatic heterocycles. The molecule has 9 nitrogen and oxygen atoms in total. The Hall–Kier alpha value is -2.84. The zero-order valence-corrected chi connectivity index (χ0v) is 21.1. The maximum absolute atomic E-state index is 12.3. The van der Waals surface area contributed by atoms with Gasteiger partial charge in [-0.2, -0.15) is 0 Å². The molecular formula is C25H39NO8. The van der Waals surface area contributed by atoms with Crippen molar-refractivity contribution in [1.82, 2.24) is 5.32 Å². The van der Waals surface area contributed by atoms with Gasteiger partial charge in [0.2, 0.25) is 0 Å². The van der Waals surface area contributed by atoms with Gasteiger partial charge in [-0.25, -0.2) is 14.4 Å². The minimum absolute atomic E-state index is 0.000307. The number of alkyl carbamates (subject to hydrolysis) is 1. The second-order valence-corrected chi connectivity index (χ2v) is 10.2. The van der Waals surface area contributed by atoms with Gasteiger partial charge in [0.15, 0.2) is 0 Å². The first-order valence-electron chi connectivity index (χ1n) is 11.4. The maximum atomic E-state index is 12.3. The Kier molecular flexibility index (Phi) is 11.3. The van der Waals surface area contributed by atoms with Crippen molar-refractivity contribution in [2.75, 3.05) is 33.0 Å². The van der Waals surface area contributed by atoms with Crippen LogP contribution in [-0.2, 0) is 33.3 Å². The van der Waals surface area contributed by atoms with E-state index in [0.29, 0.717) is 12.1 Å². The van der Waals surface area contributed by atoms with E-state index in [9.17, 15) is 19.2 Å². The molecule has 0 saturated heterocycles. The molecule has 192 valence electrons. The van der Waals surface area contributed by atoms with Crippen LogP contribution in [0, 0.1) is 16.7 Å². The zero-order chi connectivity index (χ0) is 25.9. The van der Waals surface area contributed by atoms with Gasteiger partial charge >= 0.3 is 24.0 Å². The van der Waals surface area contributed by atoms with Crippen LogP contribution < -0.4 is 5.32 Å². The summed E-state index contributed by atoms with van der Waals surface area (Å²) in [6.07, 6.45) is 2.15. The lowest BCUT2D eigenvalue weighted by Crippen LogP contribution is -2.44. The molecule has 2 unspecified atom stereocenters. The second-order valence-electron chi connectivity index (χ2n) is 10.2. The molecule has 0 bridgehead atoms. The number of esters is 3. The molecule has 1 fully saturated rings. The van der Waals surface area contributed by atoms with E-state index in [1.807, 2.05) is 0 Å². The van der Waals surface area contributed by atoms with Crippen molar-refractivity contribution in [3.8, 4) is 0 Å². The summed E-state index contributed by atoms with van der Waals surface area (Å²) in [6.45, 7) is 16.7. The normalized spacial score (nSPS) is 21.0. The largest absolute Gasteiger partial charge is 0.462 e. The quantitative estimate of drug-likeness (QED) is 0.194. The van der Waals surface area contributed by atoms with Gasteiger partial charge in [0.1, 0.15) is 26.4 Å². The molecule has 0 spiro atoms. The Morgan fingerprint density at radius 3 is 1.85 bits per heavy atom. The molecule has 0 aromatic carbocycles. The smallest absolute Gasteiger partial charge is 0.407 e. The predicted octanol–water partition coefficient (Wildman–Crippen LogP) is 3.72. The number of rotatable bonds is 12. The highest BCUT2D eigenvalue weighted by Gasteiger charge is 2.42. The highest BCUT2D eigenvalue weighted by atomic mass is 16.6. The third kappa shape index (κ3) is 11.3. The molecule has 0 aromatic rings. The van der Waals surface area contributed by atoms with Crippen molar-refractivity contribution in [1.29, 1.82) is 0 Å². The topological polar surface area (TPSA) is 117 Å². The number of ether oxygens (including phenoxy) is 4. The van der Waals surface area contributed by atoms with Gasteiger partial charge in [0.05, 0.1) is 0 Å². The summed E-state index contributed by atoms with van der Waals surface area (Å²) in [6, 6.07) is 0. The molecule has 1 aliphatic rings. The van der Waals surface area contributed by atoms with E-state index in [0.717, 1.165) is 19.3 Å². The SMILES string of the molecule is C=C(C)C(=O)OCCOC(=O)CC1CC(C)(C)CC(C)(CNC(=O)OCCOC(=O)C(=C)C)C1. The molecule has 1 aliphatic carbocycles. The van der Waals surface area contributed by atoms with E-state index in [-0.39, 0.29) is 61.1 Å². The number of hydrogen-bond acceptors (Lipinski definition) is 8. The number of hydrogen-bond donors (Lipinski definition) is 1. The van der Waals surface area contributed by atoms with Crippen LogP contribution in [0.2, 0.25) is 0 Å². The molecule has 0 aromatic heterocycles. The Labute approximate surface area is 202 Å². The van der Waals surface area contributed by atoms with Crippen molar-refractivity contribution in [2.24, 2.45) is 16.7 Å². The molecule has 0 heterocycles. The van der Waals surface area contributed by atoms with Gasteiger partial charge in [-0.1, -0.05) is 33.9 Å². The van der Waals surface area contributed by atoms with E-state index >= 15 is 0 Å². The van der Waals surface area contributed by atoms with Gasteiger partial charge in [-0.05, 0) is 49.9 Å². The molecule has 9 heteroatoms. The van der Waals surface area contributed by atoms with Crippen LogP contribution in [0.5, 0.6) is 0 Å². The minimum atomic E-state index is -0.587. The minimum Gasteiger partial charge on any atom is -0.462 e. The summed E-state index contributed by atoms with van der Waals surface area (Å²) in [7, 11) is 0. The Bertz CT molecular complexity index is 788. The van der Waals surface area contributed by atoms with E-state index in [4.69, 9.17) is 18.9 Å². The van der Waals surface area contributed by atoms with Crippen LogP contribution in [0.25, 0.3) is 0 Å². The molecule has 34 heavy (non-hydrogen) atoms. The summed E-state index contributed by atoms with van der Waals surface area (Å²) < 4.78 is 20.1. The van der Waals surface area contributed by atoms with Crippen molar-refractivity contribution < 1.29 is 38.1 Å². The summed E-state index contributed by atoms with van der Waals surface area (Å²) >= 11 is 0. The van der Waals surface area contributed by atoms with Crippen molar-refractivity contribution in [3.63, 3.8) is 0 Å². The number of carbonyl (C=O) groups is 4. The molecule has 0 radical (unpaired) electrons. The zero-order valence-electron chi connectivity index (χ0n) is 21.1. The van der Waals surface area contributed by atoms with Crippen LogP contribution in [0.15, 0.2) is 24.3 Å².